The summed E-state index contributed by atoms with van der Waals surface area (Å²) in [5.74, 6) is 0.647. The maximum Gasteiger partial charge on any atom is 0.416 e. The second-order valence-electron chi connectivity index (χ2n) is 9.85. The zero-order chi connectivity index (χ0) is 29.1. The molecule has 0 saturated carbocycles. The molecule has 41 heavy (non-hydrogen) atoms. The van der Waals surface area contributed by atoms with E-state index in [2.05, 4.69) is 20.6 Å². The van der Waals surface area contributed by atoms with Crippen molar-refractivity contribution in [2.24, 2.45) is 0 Å². The van der Waals surface area contributed by atoms with Gasteiger partial charge in [0.05, 0.1) is 29.3 Å². The SMILES string of the molecule is CNc1cc2ncnc(Oc3cc(C(=O)Nc4cc(N5CCCCC5)cc(C(F)(F)F)c4)ccc3C)c2cc1OC. The number of benzene rings is 3. The number of amides is 1. The van der Waals surface area contributed by atoms with E-state index in [1.54, 1.807) is 38.4 Å². The van der Waals surface area contributed by atoms with Gasteiger partial charge in [-0.3, -0.25) is 4.79 Å². The first-order valence-electron chi connectivity index (χ1n) is 13.2. The number of hydrogen-bond acceptors (Lipinski definition) is 7. The average molecular weight is 566 g/mol. The van der Waals surface area contributed by atoms with Crippen LogP contribution in [0.1, 0.15) is 40.7 Å². The highest BCUT2D eigenvalue weighted by atomic mass is 19.4. The first kappa shape index (κ1) is 28.0. The Labute approximate surface area is 235 Å². The molecule has 11 heteroatoms. The average Bonchev–Trinajstić information content (AvgIpc) is 2.97. The minimum absolute atomic E-state index is 0.0719. The summed E-state index contributed by atoms with van der Waals surface area (Å²) in [5, 5.41) is 6.31. The lowest BCUT2D eigenvalue weighted by atomic mass is 10.1. The van der Waals surface area contributed by atoms with Crippen LogP contribution in [-0.4, -0.2) is 43.1 Å². The third-order valence-electron chi connectivity index (χ3n) is 7.07. The molecule has 1 aromatic heterocycles. The number of fused-ring (bicyclic) bond motifs is 1. The largest absolute Gasteiger partial charge is 0.495 e. The lowest BCUT2D eigenvalue weighted by molar-refractivity contribution is -0.137. The van der Waals surface area contributed by atoms with Crippen molar-refractivity contribution in [3.63, 3.8) is 0 Å². The first-order valence-corrected chi connectivity index (χ1v) is 13.2. The molecule has 0 unspecified atom stereocenters. The van der Waals surface area contributed by atoms with E-state index in [0.29, 0.717) is 41.2 Å². The molecule has 5 rings (SSSR count). The molecule has 0 radical (unpaired) electrons. The third-order valence-corrected chi connectivity index (χ3v) is 7.07. The summed E-state index contributed by atoms with van der Waals surface area (Å²) >= 11 is 0. The molecule has 3 aromatic carbocycles. The predicted octanol–water partition coefficient (Wildman–Crippen LogP) is 7.04. The molecule has 1 aliphatic rings. The Morgan fingerprint density at radius 1 is 0.976 bits per heavy atom. The van der Waals surface area contributed by atoms with Crippen molar-refractivity contribution in [1.82, 2.24) is 9.97 Å². The van der Waals surface area contributed by atoms with Gasteiger partial charge in [-0.1, -0.05) is 6.07 Å². The van der Waals surface area contributed by atoms with Crippen LogP contribution >= 0.6 is 0 Å². The van der Waals surface area contributed by atoms with E-state index in [0.717, 1.165) is 42.6 Å². The number of methoxy groups -OCH3 is 1. The van der Waals surface area contributed by atoms with Gasteiger partial charge in [-0.15, -0.1) is 0 Å². The number of anilines is 3. The molecule has 8 nitrogen and oxygen atoms in total. The molecule has 0 spiro atoms. The summed E-state index contributed by atoms with van der Waals surface area (Å²) in [6, 6.07) is 12.1. The fourth-order valence-corrected chi connectivity index (χ4v) is 4.85. The fraction of sp³-hybridized carbons (Fsp3) is 0.300. The highest BCUT2D eigenvalue weighted by molar-refractivity contribution is 6.05. The molecule has 2 N–H and O–H groups in total. The second kappa shape index (κ2) is 11.5. The van der Waals surface area contributed by atoms with Crippen LogP contribution in [0.25, 0.3) is 10.9 Å². The number of ether oxygens (including phenoxy) is 2. The molecule has 0 aliphatic carbocycles. The Morgan fingerprint density at radius 3 is 2.46 bits per heavy atom. The van der Waals surface area contributed by atoms with E-state index < -0.39 is 17.6 Å². The Hall–Kier alpha value is -4.54. The summed E-state index contributed by atoms with van der Waals surface area (Å²) in [5.41, 5.74) is 2.03. The van der Waals surface area contributed by atoms with Crippen LogP contribution in [0.4, 0.5) is 30.2 Å². The van der Waals surface area contributed by atoms with Crippen LogP contribution < -0.4 is 25.0 Å². The van der Waals surface area contributed by atoms with Gasteiger partial charge < -0.3 is 25.0 Å². The molecule has 1 saturated heterocycles. The van der Waals surface area contributed by atoms with E-state index in [-0.39, 0.29) is 17.1 Å². The molecule has 1 aliphatic heterocycles. The summed E-state index contributed by atoms with van der Waals surface area (Å²) in [6.45, 7) is 3.16. The minimum Gasteiger partial charge on any atom is -0.495 e. The quantitative estimate of drug-likeness (QED) is 0.248. The van der Waals surface area contributed by atoms with Crippen molar-refractivity contribution in [3.05, 3.63) is 71.5 Å². The summed E-state index contributed by atoms with van der Waals surface area (Å²) in [4.78, 5) is 23.8. The Bertz CT molecular complexity index is 1590. The molecule has 0 bridgehead atoms. The molecular formula is C30H30F3N5O3. The number of nitrogens with one attached hydrogen (secondary N) is 2. The Kier molecular flexibility index (Phi) is 7.87. The number of carbonyl (C=O) groups excluding carboxylic acids is 1. The zero-order valence-electron chi connectivity index (χ0n) is 22.9. The highest BCUT2D eigenvalue weighted by Gasteiger charge is 2.32. The van der Waals surface area contributed by atoms with Gasteiger partial charge in [0.15, 0.2) is 0 Å². The lowest BCUT2D eigenvalue weighted by Gasteiger charge is -2.29. The van der Waals surface area contributed by atoms with Crippen molar-refractivity contribution in [3.8, 4) is 17.4 Å². The van der Waals surface area contributed by atoms with E-state index in [1.165, 1.54) is 12.4 Å². The van der Waals surface area contributed by atoms with Crippen LogP contribution in [0.5, 0.6) is 17.4 Å². The zero-order valence-corrected chi connectivity index (χ0v) is 22.9. The standard InChI is InChI=1S/C30H30F3N5O3/c1-18-7-8-19(11-26(18)41-29-23-15-27(40-3)25(34-2)16-24(23)35-17-36-29)28(39)37-21-12-20(30(31,32)33)13-22(14-21)38-9-5-4-6-10-38/h7-8,11-17,34H,4-6,9-10H2,1-3H3,(H,37,39). The Morgan fingerprint density at radius 2 is 1.76 bits per heavy atom. The van der Waals surface area contributed by atoms with E-state index >= 15 is 0 Å². The van der Waals surface area contributed by atoms with Crippen LogP contribution in [0.15, 0.2) is 54.9 Å². The minimum atomic E-state index is -4.55. The number of hydrogen-bond donors (Lipinski definition) is 2. The number of nitrogens with zero attached hydrogens (tertiary/aromatic N) is 3. The van der Waals surface area contributed by atoms with Gasteiger partial charge in [0.2, 0.25) is 5.88 Å². The molecule has 0 atom stereocenters. The number of piperidine rings is 1. The van der Waals surface area contributed by atoms with Gasteiger partial charge in [-0.25, -0.2) is 9.97 Å². The van der Waals surface area contributed by atoms with Gasteiger partial charge in [-0.05, 0) is 74.2 Å². The topological polar surface area (TPSA) is 88.6 Å². The van der Waals surface area contributed by atoms with Crippen molar-refractivity contribution in [2.75, 3.05) is 42.8 Å². The predicted molar refractivity (Wildman–Crippen MR) is 152 cm³/mol. The normalized spacial score (nSPS) is 13.7. The second-order valence-corrected chi connectivity index (χ2v) is 9.85. The number of aryl methyl sites for hydroxylation is 1. The van der Waals surface area contributed by atoms with Crippen molar-refractivity contribution in [1.29, 1.82) is 0 Å². The van der Waals surface area contributed by atoms with Gasteiger partial charge in [0, 0.05) is 37.1 Å². The lowest BCUT2D eigenvalue weighted by Crippen LogP contribution is -2.29. The van der Waals surface area contributed by atoms with Crippen LogP contribution in [-0.2, 0) is 6.18 Å². The van der Waals surface area contributed by atoms with E-state index in [1.807, 2.05) is 17.9 Å². The summed E-state index contributed by atoms with van der Waals surface area (Å²) in [6.07, 6.45) is -0.299. The monoisotopic (exact) mass is 565 g/mol. The number of halogens is 3. The Balaban J connectivity index is 1.43. The molecule has 1 fully saturated rings. The van der Waals surface area contributed by atoms with Crippen LogP contribution in [0.2, 0.25) is 0 Å². The molecule has 4 aromatic rings. The van der Waals surface area contributed by atoms with Gasteiger partial charge in [0.1, 0.15) is 17.8 Å². The van der Waals surface area contributed by atoms with E-state index in [9.17, 15) is 18.0 Å². The number of alkyl halides is 3. The van der Waals surface area contributed by atoms with E-state index in [4.69, 9.17) is 9.47 Å². The third kappa shape index (κ3) is 6.13. The molecule has 214 valence electrons. The van der Waals surface area contributed by atoms with Gasteiger partial charge in [0.25, 0.3) is 5.91 Å². The first-order chi connectivity index (χ1) is 19.7. The van der Waals surface area contributed by atoms with Crippen molar-refractivity contribution in [2.45, 2.75) is 32.4 Å². The van der Waals surface area contributed by atoms with Crippen molar-refractivity contribution < 1.29 is 27.4 Å². The highest BCUT2D eigenvalue weighted by Crippen LogP contribution is 2.37. The maximum absolute atomic E-state index is 13.7. The smallest absolute Gasteiger partial charge is 0.416 e. The summed E-state index contributed by atoms with van der Waals surface area (Å²) < 4.78 is 52.7. The van der Waals surface area contributed by atoms with Crippen molar-refractivity contribution >= 4 is 33.9 Å². The van der Waals surface area contributed by atoms with Crippen LogP contribution in [0.3, 0.4) is 0 Å². The number of aromatic nitrogens is 2. The molecule has 1 amide bonds. The summed E-state index contributed by atoms with van der Waals surface area (Å²) in [7, 11) is 3.33. The fourth-order valence-electron chi connectivity index (χ4n) is 4.85. The van der Waals surface area contributed by atoms with Crippen LogP contribution in [0, 0.1) is 6.92 Å². The number of rotatable bonds is 7. The van der Waals surface area contributed by atoms with Gasteiger partial charge in [-0.2, -0.15) is 13.2 Å². The number of carbonyl (C=O) groups is 1. The van der Waals surface area contributed by atoms with Gasteiger partial charge >= 0.3 is 6.18 Å². The maximum atomic E-state index is 13.7. The molecular weight excluding hydrogens is 535 g/mol. The molecule has 2 heterocycles.